The fourth-order valence-corrected chi connectivity index (χ4v) is 8.77. The molecule has 428 valence electrons. The molecule has 37 heteroatoms. The van der Waals surface area contributed by atoms with Gasteiger partial charge in [0, 0.05) is 14.2 Å². The Morgan fingerprint density at radius 2 is 0.413 bits per heavy atom. The van der Waals surface area contributed by atoms with Crippen molar-refractivity contribution in [3.63, 3.8) is 0 Å². The summed E-state index contributed by atoms with van der Waals surface area (Å²) in [6, 6.07) is 0. The van der Waals surface area contributed by atoms with E-state index < -0.39 is 220 Å². The Kier molecular flexibility index (Phi) is 19.4. The molecule has 0 bridgehead atoms. The standard InChI is InChI=1S/C38H54O37/c1-63-15-3(39)10(46)34(71-21(15)27(51)52)66-17-5(41)12(48)36(73-23(17)29(55)56)68-19-7(43)14(50)38(75-25(19)31(59)60)69-20-8(44)13(49)37(74-26(20)32(61)62)67-18-6(42)11(47)35(72-24(18)30(57)58)65-16-4(40)9(45)33(64-2)70-22(16)28(53)54/h3-26,33-50H,1-2H3,(H,51,52)(H,53,54)(H,55,56)(H,57,58)(H,59,60)(H,61,62)/t3?,4?,5?,6?,7?,8?,9?,10?,11?,12?,13?,14?,15-,16+,17+,18-,19-,20+,21?,22?,23?,24?,25?,26?,33-,34+,35+,36-,37-,38+/m0/s1. The summed E-state index contributed by atoms with van der Waals surface area (Å²) in [6.45, 7) is 0. The lowest BCUT2D eigenvalue weighted by Gasteiger charge is -2.48. The van der Waals surface area contributed by atoms with Crippen LogP contribution in [0, 0.1) is 0 Å². The van der Waals surface area contributed by atoms with Gasteiger partial charge in [-0.05, 0) is 0 Å². The maximum Gasteiger partial charge on any atom is 0.335 e. The van der Waals surface area contributed by atoms with Crippen LogP contribution in [0.2, 0.25) is 0 Å². The first-order chi connectivity index (χ1) is 35.1. The summed E-state index contributed by atoms with van der Waals surface area (Å²) in [7, 11) is 1.94. The van der Waals surface area contributed by atoms with E-state index in [-0.39, 0.29) is 0 Å². The van der Waals surface area contributed by atoms with E-state index in [0.717, 1.165) is 14.2 Å². The molecular formula is C38H54O37. The van der Waals surface area contributed by atoms with E-state index >= 15 is 0 Å². The van der Waals surface area contributed by atoms with Crippen LogP contribution in [0.25, 0.3) is 0 Å². The van der Waals surface area contributed by atoms with Crippen molar-refractivity contribution in [2.24, 2.45) is 0 Å². The van der Waals surface area contributed by atoms with Gasteiger partial charge in [0.15, 0.2) is 74.4 Å². The average molecular weight is 1100 g/mol. The fourth-order valence-electron chi connectivity index (χ4n) is 8.77. The number of carbonyl (C=O) groups is 6. The number of methoxy groups -OCH3 is 2. The summed E-state index contributed by atoms with van der Waals surface area (Å²) in [5.74, 6) is -11.8. The van der Waals surface area contributed by atoms with E-state index in [1.165, 1.54) is 0 Å². The lowest BCUT2D eigenvalue weighted by molar-refractivity contribution is -0.386. The molecule has 6 aliphatic heterocycles. The van der Waals surface area contributed by atoms with Crippen molar-refractivity contribution in [2.75, 3.05) is 14.2 Å². The van der Waals surface area contributed by atoms with E-state index in [4.69, 9.17) is 61.6 Å². The number of rotatable bonds is 18. The van der Waals surface area contributed by atoms with Gasteiger partial charge < -0.3 is 153 Å². The molecule has 0 aromatic rings. The van der Waals surface area contributed by atoms with Gasteiger partial charge in [-0.1, -0.05) is 0 Å². The van der Waals surface area contributed by atoms with Gasteiger partial charge >= 0.3 is 35.8 Å². The second-order valence-corrected chi connectivity index (χ2v) is 17.4. The highest BCUT2D eigenvalue weighted by Gasteiger charge is 2.61. The van der Waals surface area contributed by atoms with Crippen LogP contribution >= 0.6 is 0 Å². The van der Waals surface area contributed by atoms with Gasteiger partial charge in [-0.25, -0.2) is 28.8 Å². The number of carboxylic acid groups (broad SMARTS) is 6. The second kappa shape index (κ2) is 24.2. The molecule has 6 aliphatic rings. The van der Waals surface area contributed by atoms with Gasteiger partial charge in [0.2, 0.25) is 0 Å². The third kappa shape index (κ3) is 12.0. The maximum absolute atomic E-state index is 12.5. The molecule has 6 fully saturated rings. The van der Waals surface area contributed by atoms with E-state index in [0.29, 0.717) is 0 Å². The Hall–Kier alpha value is -4.18. The summed E-state index contributed by atoms with van der Waals surface area (Å²) in [4.78, 5) is 73.5. The lowest BCUT2D eigenvalue weighted by atomic mass is 9.95. The minimum atomic E-state index is -2.63. The number of aliphatic carboxylic acids is 6. The maximum atomic E-state index is 12.5. The third-order valence-corrected chi connectivity index (χ3v) is 12.7. The largest absolute Gasteiger partial charge is 0.479 e. The summed E-state index contributed by atoms with van der Waals surface area (Å²) < 4.78 is 67.2. The highest BCUT2D eigenvalue weighted by Crippen LogP contribution is 2.37. The molecule has 6 saturated heterocycles. The summed E-state index contributed by atoms with van der Waals surface area (Å²) in [6.07, 6.45) is -70.9. The van der Waals surface area contributed by atoms with Crippen LogP contribution in [-0.4, -0.2) is 326 Å². The quantitative estimate of drug-likeness (QED) is 0.0606. The van der Waals surface area contributed by atoms with Crippen LogP contribution in [0.1, 0.15) is 0 Å². The summed E-state index contributed by atoms with van der Waals surface area (Å²) in [5, 5.41) is 190. The van der Waals surface area contributed by atoms with Crippen molar-refractivity contribution in [1.29, 1.82) is 0 Å². The smallest absolute Gasteiger partial charge is 0.335 e. The number of hydrogen-bond donors (Lipinski definition) is 18. The Morgan fingerprint density at radius 3 is 0.587 bits per heavy atom. The molecule has 6 heterocycles. The molecule has 0 spiro atoms. The SMILES string of the molecule is CO[C@H]1OC(C(=O)O)[C@H](O[C@@H]2OC(C(=O)O)[C@@H](O[C@H]3OC(C(=O)O)[C@H](O[C@@H]4OC(C(=O)O)[C@@H](O[C@H]5OC(C(=O)O)[C@H](O[C@@H]6OC(C(=O)O)[C@@H](OC)C(O)C6O)C(O)C5O)C(O)C4O)C(O)C3O)C(O)C2O)C(O)C1O. The van der Waals surface area contributed by atoms with Crippen molar-refractivity contribution in [3.05, 3.63) is 0 Å². The Bertz CT molecular complexity index is 2030. The molecule has 0 aromatic carbocycles. The van der Waals surface area contributed by atoms with Crippen LogP contribution in [0.5, 0.6) is 0 Å². The number of carboxylic acids is 6. The normalized spacial score (nSPS) is 48.6. The highest BCUT2D eigenvalue weighted by molar-refractivity contribution is 5.76. The Balaban J connectivity index is 1.13. The molecule has 0 amide bonds. The third-order valence-electron chi connectivity index (χ3n) is 12.7. The molecule has 0 saturated carbocycles. The highest BCUT2D eigenvalue weighted by atomic mass is 16.8. The second-order valence-electron chi connectivity index (χ2n) is 17.4. The number of aliphatic hydroxyl groups is 12. The van der Waals surface area contributed by atoms with Gasteiger partial charge in [0.1, 0.15) is 110 Å². The molecule has 75 heavy (non-hydrogen) atoms. The monoisotopic (exact) mass is 1100 g/mol. The molecule has 6 rings (SSSR count). The zero-order valence-electron chi connectivity index (χ0n) is 38.1. The van der Waals surface area contributed by atoms with E-state index in [9.17, 15) is 121 Å². The summed E-state index contributed by atoms with van der Waals surface area (Å²) in [5.41, 5.74) is 0. The first-order valence-electron chi connectivity index (χ1n) is 21.9. The van der Waals surface area contributed by atoms with Gasteiger partial charge in [-0.2, -0.15) is 0 Å². The van der Waals surface area contributed by atoms with E-state index in [2.05, 4.69) is 0 Å². The van der Waals surface area contributed by atoms with E-state index in [1.807, 2.05) is 0 Å². The fraction of sp³-hybridized carbons (Fsp3) is 0.842. The Labute approximate surface area is 416 Å². The molecule has 37 nitrogen and oxygen atoms in total. The molecule has 0 aromatic heterocycles. The molecule has 30 atom stereocenters. The zero-order valence-corrected chi connectivity index (χ0v) is 38.1. The molecule has 0 radical (unpaired) electrons. The van der Waals surface area contributed by atoms with Crippen LogP contribution in [0.3, 0.4) is 0 Å². The van der Waals surface area contributed by atoms with Crippen molar-refractivity contribution in [3.8, 4) is 0 Å². The topological polar surface area (TPSA) is 587 Å². The van der Waals surface area contributed by atoms with Gasteiger partial charge in [0.25, 0.3) is 0 Å². The van der Waals surface area contributed by atoms with E-state index in [1.54, 1.807) is 0 Å². The average Bonchev–Trinajstić information content (AvgIpc) is 3.34. The predicted octanol–water partition coefficient (Wildman–Crippen LogP) is -12.2. The first kappa shape index (κ1) is 60.1. The van der Waals surface area contributed by atoms with Crippen LogP contribution in [-0.2, 0) is 90.3 Å². The van der Waals surface area contributed by atoms with Crippen molar-refractivity contribution in [1.82, 2.24) is 0 Å². The lowest BCUT2D eigenvalue weighted by Crippen LogP contribution is -2.69. The van der Waals surface area contributed by atoms with Crippen molar-refractivity contribution in [2.45, 2.75) is 184 Å². The van der Waals surface area contributed by atoms with Crippen molar-refractivity contribution >= 4 is 35.8 Å². The minimum Gasteiger partial charge on any atom is -0.479 e. The predicted molar refractivity (Wildman–Crippen MR) is 212 cm³/mol. The zero-order chi connectivity index (χ0) is 56.0. The molecule has 0 aliphatic carbocycles. The van der Waals surface area contributed by atoms with Gasteiger partial charge in [-0.3, -0.25) is 0 Å². The van der Waals surface area contributed by atoms with Crippen LogP contribution < -0.4 is 0 Å². The Morgan fingerprint density at radius 1 is 0.253 bits per heavy atom. The van der Waals surface area contributed by atoms with Gasteiger partial charge in [0.05, 0.1) is 0 Å². The number of hydrogen-bond acceptors (Lipinski definition) is 31. The number of aliphatic hydroxyl groups excluding tert-OH is 12. The number of ether oxygens (including phenoxy) is 13. The minimum absolute atomic E-state index is 0.959. The molecular weight excluding hydrogens is 1050 g/mol. The summed E-state index contributed by atoms with van der Waals surface area (Å²) >= 11 is 0. The first-order valence-corrected chi connectivity index (χ1v) is 21.9. The van der Waals surface area contributed by atoms with Crippen LogP contribution in [0.15, 0.2) is 0 Å². The molecule has 18 N–H and O–H groups in total. The molecule has 18 unspecified atom stereocenters. The van der Waals surface area contributed by atoms with Crippen molar-refractivity contribution < 1.29 is 182 Å². The van der Waals surface area contributed by atoms with Gasteiger partial charge in [-0.15, -0.1) is 0 Å². The van der Waals surface area contributed by atoms with Crippen LogP contribution in [0.4, 0.5) is 0 Å².